The minimum Gasteiger partial charge on any atom is -0.339 e. The number of hydrazine groups is 1. The van der Waals surface area contributed by atoms with E-state index in [1.165, 1.54) is 12.8 Å². The van der Waals surface area contributed by atoms with Crippen LogP contribution in [0.5, 0.6) is 0 Å². The second-order valence-corrected chi connectivity index (χ2v) is 10.3. The van der Waals surface area contributed by atoms with Crippen LogP contribution in [0.3, 0.4) is 0 Å². The lowest BCUT2D eigenvalue weighted by Gasteiger charge is -2.38. The molecule has 0 aromatic carbocycles. The second-order valence-electron chi connectivity index (χ2n) is 8.42. The van der Waals surface area contributed by atoms with Gasteiger partial charge in [0, 0.05) is 29.7 Å². The van der Waals surface area contributed by atoms with E-state index in [-0.39, 0.29) is 17.3 Å². The van der Waals surface area contributed by atoms with Crippen LogP contribution in [0, 0.1) is 17.8 Å². The summed E-state index contributed by atoms with van der Waals surface area (Å²) in [5.74, 6) is 1.48. The second kappa shape index (κ2) is 8.13. The molecular formula is C18H32ClN5OS. The van der Waals surface area contributed by atoms with Crippen molar-refractivity contribution < 1.29 is 4.79 Å². The van der Waals surface area contributed by atoms with E-state index in [1.807, 2.05) is 11.8 Å². The maximum Gasteiger partial charge on any atom is 0.226 e. The molecule has 3 saturated heterocycles. The van der Waals surface area contributed by atoms with Gasteiger partial charge in [-0.05, 0) is 45.2 Å². The zero-order valence-corrected chi connectivity index (χ0v) is 17.4. The van der Waals surface area contributed by atoms with Gasteiger partial charge in [0.1, 0.15) is 5.50 Å². The van der Waals surface area contributed by atoms with E-state index in [4.69, 9.17) is 11.6 Å². The van der Waals surface area contributed by atoms with E-state index in [2.05, 4.69) is 39.9 Å². The molecule has 4 fully saturated rings. The average molecular weight is 402 g/mol. The summed E-state index contributed by atoms with van der Waals surface area (Å²) in [6.07, 6.45) is 5.75. The third-order valence-electron chi connectivity index (χ3n) is 6.78. The minimum absolute atomic E-state index is 0.0481. The van der Waals surface area contributed by atoms with Crippen LogP contribution in [0.4, 0.5) is 0 Å². The molecule has 8 heteroatoms. The minimum atomic E-state index is -0.0481. The van der Waals surface area contributed by atoms with Gasteiger partial charge in [-0.2, -0.15) is 0 Å². The monoisotopic (exact) mass is 401 g/mol. The van der Waals surface area contributed by atoms with E-state index in [0.717, 1.165) is 39.0 Å². The van der Waals surface area contributed by atoms with Crippen molar-refractivity contribution in [2.24, 2.45) is 17.8 Å². The molecule has 26 heavy (non-hydrogen) atoms. The number of nitrogens with one attached hydrogen (secondary N) is 3. The third kappa shape index (κ3) is 3.76. The number of thioether (sulfide) groups is 1. The van der Waals surface area contributed by atoms with Gasteiger partial charge < -0.3 is 10.2 Å². The summed E-state index contributed by atoms with van der Waals surface area (Å²) in [5.41, 5.74) is 6.84. The predicted octanol–water partition coefficient (Wildman–Crippen LogP) is 1.58. The number of likely N-dealkylation sites (tertiary alicyclic amines) is 1. The van der Waals surface area contributed by atoms with Crippen molar-refractivity contribution in [3.05, 3.63) is 0 Å². The van der Waals surface area contributed by atoms with Crippen LogP contribution >= 0.6 is 23.4 Å². The Morgan fingerprint density at radius 3 is 2.88 bits per heavy atom. The van der Waals surface area contributed by atoms with Gasteiger partial charge in [0.2, 0.25) is 5.91 Å². The Bertz CT molecular complexity index is 526. The standard InChI is InChI=1S/C18H32ClN5OS/c1-11(26-18-22-21-10-23(18)2)12-4-3-5-13(8-12)24-9-15-14(17(24)25)6-7-20-16(15)19/h11-16,18,20-22H,3-10H2,1-2H3/t11-,12?,13?,14?,15?,16?,18?/m0/s1. The molecule has 0 spiro atoms. The van der Waals surface area contributed by atoms with Crippen molar-refractivity contribution in [3.63, 3.8) is 0 Å². The van der Waals surface area contributed by atoms with Crippen molar-refractivity contribution >= 4 is 29.3 Å². The Kier molecular flexibility index (Phi) is 6.03. The number of hydrogen-bond donors (Lipinski definition) is 3. The summed E-state index contributed by atoms with van der Waals surface area (Å²) >= 11 is 8.47. The Morgan fingerprint density at radius 2 is 2.15 bits per heavy atom. The molecule has 148 valence electrons. The number of nitrogens with zero attached hydrogens (tertiary/aromatic N) is 2. The lowest BCUT2D eigenvalue weighted by Crippen LogP contribution is -2.42. The molecule has 1 amide bonds. The van der Waals surface area contributed by atoms with Gasteiger partial charge in [-0.1, -0.05) is 13.3 Å². The Morgan fingerprint density at radius 1 is 1.31 bits per heavy atom. The lowest BCUT2D eigenvalue weighted by atomic mass is 9.83. The van der Waals surface area contributed by atoms with E-state index >= 15 is 0 Å². The molecule has 0 aromatic rings. The number of amides is 1. The highest BCUT2D eigenvalue weighted by atomic mass is 35.5. The van der Waals surface area contributed by atoms with Crippen LogP contribution in [0.25, 0.3) is 0 Å². The fourth-order valence-corrected chi connectivity index (χ4v) is 6.82. The number of piperidine rings is 1. The van der Waals surface area contributed by atoms with Gasteiger partial charge in [-0.3, -0.25) is 9.69 Å². The first-order valence-corrected chi connectivity index (χ1v) is 11.4. The van der Waals surface area contributed by atoms with Crippen LogP contribution in [0.2, 0.25) is 0 Å². The Balaban J connectivity index is 1.36. The summed E-state index contributed by atoms with van der Waals surface area (Å²) in [6, 6.07) is 0.408. The van der Waals surface area contributed by atoms with Crippen LogP contribution in [-0.2, 0) is 4.79 Å². The van der Waals surface area contributed by atoms with E-state index in [9.17, 15) is 4.79 Å². The highest BCUT2D eigenvalue weighted by molar-refractivity contribution is 8.00. The summed E-state index contributed by atoms with van der Waals surface area (Å²) in [7, 11) is 2.14. The quantitative estimate of drug-likeness (QED) is 0.491. The fraction of sp³-hybridized carbons (Fsp3) is 0.944. The Hall–Kier alpha value is -0.0500. The predicted molar refractivity (Wildman–Crippen MR) is 106 cm³/mol. The SMILES string of the molecule is C[C@H](SC1NNCN1C)C1CCCC(N2CC3C(Cl)NCCC3C2=O)C1. The molecular weight excluding hydrogens is 370 g/mol. The first-order chi connectivity index (χ1) is 12.5. The van der Waals surface area contributed by atoms with Gasteiger partial charge >= 0.3 is 0 Å². The number of alkyl halides is 1. The number of carbonyl (C=O) groups excluding carboxylic acids is 1. The lowest BCUT2D eigenvalue weighted by molar-refractivity contribution is -0.134. The van der Waals surface area contributed by atoms with Crippen molar-refractivity contribution in [3.8, 4) is 0 Å². The molecule has 6 unspecified atom stereocenters. The van der Waals surface area contributed by atoms with Crippen molar-refractivity contribution in [1.82, 2.24) is 26.0 Å². The maximum atomic E-state index is 13.0. The fourth-order valence-electron chi connectivity index (χ4n) is 5.14. The molecule has 7 atom stereocenters. The number of halogens is 1. The summed E-state index contributed by atoms with van der Waals surface area (Å²) < 4.78 is 0. The number of rotatable bonds is 4. The first-order valence-electron chi connectivity index (χ1n) is 10.1. The zero-order valence-electron chi connectivity index (χ0n) is 15.8. The molecule has 4 rings (SSSR count). The van der Waals surface area contributed by atoms with Gasteiger partial charge in [0.15, 0.2) is 0 Å². The topological polar surface area (TPSA) is 59.6 Å². The van der Waals surface area contributed by atoms with Crippen molar-refractivity contribution in [2.75, 3.05) is 26.8 Å². The first kappa shape index (κ1) is 19.3. The molecule has 3 aliphatic heterocycles. The summed E-state index contributed by atoms with van der Waals surface area (Å²) in [6.45, 7) is 4.96. The summed E-state index contributed by atoms with van der Waals surface area (Å²) in [5, 5.41) is 3.92. The van der Waals surface area contributed by atoms with Crippen molar-refractivity contribution in [1.29, 1.82) is 0 Å². The van der Waals surface area contributed by atoms with Gasteiger partial charge in [0.05, 0.1) is 12.2 Å². The van der Waals surface area contributed by atoms with E-state index in [0.29, 0.717) is 28.6 Å². The number of hydrogen-bond acceptors (Lipinski definition) is 6. The third-order valence-corrected chi connectivity index (χ3v) is 8.81. The molecule has 4 aliphatic rings. The molecule has 3 heterocycles. The van der Waals surface area contributed by atoms with Gasteiger partial charge in [-0.15, -0.1) is 23.4 Å². The smallest absolute Gasteiger partial charge is 0.226 e. The molecule has 1 saturated carbocycles. The maximum absolute atomic E-state index is 13.0. The molecule has 6 nitrogen and oxygen atoms in total. The average Bonchev–Trinajstić information content (AvgIpc) is 3.20. The van der Waals surface area contributed by atoms with Crippen LogP contribution in [-0.4, -0.2) is 64.8 Å². The highest BCUT2D eigenvalue weighted by Gasteiger charge is 2.48. The summed E-state index contributed by atoms with van der Waals surface area (Å²) in [4.78, 5) is 17.5. The largest absolute Gasteiger partial charge is 0.339 e. The molecule has 0 radical (unpaired) electrons. The molecule has 1 aliphatic carbocycles. The van der Waals surface area contributed by atoms with Crippen LogP contribution < -0.4 is 16.2 Å². The number of fused-ring (bicyclic) bond motifs is 1. The van der Waals surface area contributed by atoms with Crippen molar-refractivity contribution in [2.45, 2.75) is 61.3 Å². The molecule has 3 N–H and O–H groups in total. The number of carbonyl (C=O) groups is 1. The van der Waals surface area contributed by atoms with Gasteiger partial charge in [0.25, 0.3) is 0 Å². The highest BCUT2D eigenvalue weighted by Crippen LogP contribution is 2.41. The van der Waals surface area contributed by atoms with Gasteiger partial charge in [-0.25, -0.2) is 10.9 Å². The molecule has 0 bridgehead atoms. The van der Waals surface area contributed by atoms with E-state index < -0.39 is 0 Å². The molecule has 0 aromatic heterocycles. The van der Waals surface area contributed by atoms with E-state index in [1.54, 1.807) is 0 Å². The van der Waals surface area contributed by atoms with Crippen LogP contribution in [0.15, 0.2) is 0 Å². The van der Waals surface area contributed by atoms with Crippen LogP contribution in [0.1, 0.15) is 39.0 Å². The Labute approximate surface area is 166 Å². The normalized spacial score (nSPS) is 42.9. The zero-order chi connectivity index (χ0) is 18.3.